The third kappa shape index (κ3) is 5.28. The number of rotatable bonds is 7. The highest BCUT2D eigenvalue weighted by atomic mass is 35.5. The van der Waals surface area contributed by atoms with E-state index >= 15 is 0 Å². The first-order chi connectivity index (χ1) is 15.4. The van der Waals surface area contributed by atoms with Crippen molar-refractivity contribution < 1.29 is 19.2 Å². The van der Waals surface area contributed by atoms with Crippen molar-refractivity contribution in [1.82, 2.24) is 4.90 Å². The van der Waals surface area contributed by atoms with Crippen molar-refractivity contribution in [2.24, 2.45) is 0 Å². The second kappa shape index (κ2) is 9.44. The molecular weight excluding hydrogens is 436 g/mol. The van der Waals surface area contributed by atoms with Crippen LogP contribution in [0.4, 0.5) is 17.1 Å². The van der Waals surface area contributed by atoms with Gasteiger partial charge in [0.15, 0.2) is 6.61 Å². The van der Waals surface area contributed by atoms with Crippen LogP contribution in [-0.4, -0.2) is 60.5 Å². The lowest BCUT2D eigenvalue weighted by Crippen LogP contribution is -2.49. The summed E-state index contributed by atoms with van der Waals surface area (Å²) >= 11 is 6.04. The highest BCUT2D eigenvalue weighted by Gasteiger charge is 2.26. The lowest BCUT2D eigenvalue weighted by Gasteiger charge is -2.36. The average Bonchev–Trinajstić information content (AvgIpc) is 3.61. The number of nitrogens with one attached hydrogen (secondary N) is 1. The molecule has 0 spiro atoms. The summed E-state index contributed by atoms with van der Waals surface area (Å²) < 4.78 is 5.13. The van der Waals surface area contributed by atoms with Crippen molar-refractivity contribution >= 4 is 40.5 Å². The number of hydrogen-bond donors (Lipinski definition) is 1. The summed E-state index contributed by atoms with van der Waals surface area (Å²) in [6.45, 7) is 1.86. The number of ether oxygens (including phenoxy) is 1. The molecule has 9 nitrogen and oxygen atoms in total. The number of esters is 1. The molecule has 0 radical (unpaired) electrons. The van der Waals surface area contributed by atoms with Crippen molar-refractivity contribution in [2.75, 3.05) is 43.0 Å². The SMILES string of the molecule is O=C(OCC(=O)N1CCN(c2cccc(Cl)c2)CC1)c1ccc(NC2CC2)c([N+](=O)[O-])c1. The van der Waals surface area contributed by atoms with Gasteiger partial charge in [-0.1, -0.05) is 17.7 Å². The van der Waals surface area contributed by atoms with Crippen LogP contribution in [0.2, 0.25) is 5.02 Å². The van der Waals surface area contributed by atoms with E-state index in [9.17, 15) is 19.7 Å². The van der Waals surface area contributed by atoms with E-state index in [1.54, 1.807) is 4.90 Å². The maximum absolute atomic E-state index is 12.5. The van der Waals surface area contributed by atoms with Gasteiger partial charge >= 0.3 is 5.97 Å². The first kappa shape index (κ1) is 21.9. The van der Waals surface area contributed by atoms with Crippen LogP contribution in [0.5, 0.6) is 0 Å². The summed E-state index contributed by atoms with van der Waals surface area (Å²) in [7, 11) is 0. The Morgan fingerprint density at radius 3 is 2.53 bits per heavy atom. The van der Waals surface area contributed by atoms with Crippen LogP contribution >= 0.6 is 11.6 Å². The Morgan fingerprint density at radius 2 is 1.88 bits per heavy atom. The zero-order valence-corrected chi connectivity index (χ0v) is 18.1. The lowest BCUT2D eigenvalue weighted by atomic mass is 10.1. The molecule has 1 aliphatic heterocycles. The predicted molar refractivity (Wildman–Crippen MR) is 120 cm³/mol. The molecule has 10 heteroatoms. The van der Waals surface area contributed by atoms with Gasteiger partial charge in [-0.25, -0.2) is 4.79 Å². The monoisotopic (exact) mass is 458 g/mol. The second-order valence-electron chi connectivity index (χ2n) is 7.83. The molecule has 0 aromatic heterocycles. The third-order valence-electron chi connectivity index (χ3n) is 5.50. The molecule has 1 saturated carbocycles. The van der Waals surface area contributed by atoms with Crippen molar-refractivity contribution in [3.05, 3.63) is 63.2 Å². The number of anilines is 2. The van der Waals surface area contributed by atoms with Crippen LogP contribution in [0.3, 0.4) is 0 Å². The smallest absolute Gasteiger partial charge is 0.338 e. The zero-order chi connectivity index (χ0) is 22.7. The molecule has 1 heterocycles. The molecule has 168 valence electrons. The van der Waals surface area contributed by atoms with Gasteiger partial charge in [0, 0.05) is 49.0 Å². The third-order valence-corrected chi connectivity index (χ3v) is 5.73. The molecule has 2 aromatic rings. The van der Waals surface area contributed by atoms with Gasteiger partial charge < -0.3 is 19.9 Å². The fourth-order valence-corrected chi connectivity index (χ4v) is 3.75. The van der Waals surface area contributed by atoms with Crippen molar-refractivity contribution in [1.29, 1.82) is 0 Å². The van der Waals surface area contributed by atoms with Crippen molar-refractivity contribution in [2.45, 2.75) is 18.9 Å². The molecule has 0 bridgehead atoms. The van der Waals surface area contributed by atoms with Gasteiger partial charge in [-0.2, -0.15) is 0 Å². The molecule has 0 unspecified atom stereocenters. The molecule has 32 heavy (non-hydrogen) atoms. The summed E-state index contributed by atoms with van der Waals surface area (Å²) in [5, 5.41) is 15.1. The topological polar surface area (TPSA) is 105 Å². The predicted octanol–water partition coefficient (Wildman–Crippen LogP) is 3.33. The van der Waals surface area contributed by atoms with Crippen LogP contribution in [0.15, 0.2) is 42.5 Å². The van der Waals surface area contributed by atoms with Crippen LogP contribution in [0.25, 0.3) is 0 Å². The largest absolute Gasteiger partial charge is 0.452 e. The molecular formula is C22H23ClN4O5. The number of nitro groups is 1. The van der Waals surface area contributed by atoms with E-state index in [2.05, 4.69) is 10.2 Å². The van der Waals surface area contributed by atoms with Gasteiger partial charge in [0.25, 0.3) is 11.6 Å². The van der Waals surface area contributed by atoms with Crippen LogP contribution < -0.4 is 10.2 Å². The number of halogens is 1. The summed E-state index contributed by atoms with van der Waals surface area (Å²) in [5.74, 6) is -1.07. The van der Waals surface area contributed by atoms with Gasteiger partial charge in [0.2, 0.25) is 0 Å². The highest BCUT2D eigenvalue weighted by Crippen LogP contribution is 2.31. The summed E-state index contributed by atoms with van der Waals surface area (Å²) in [6.07, 6.45) is 1.94. The van der Waals surface area contributed by atoms with Crippen LogP contribution in [-0.2, 0) is 9.53 Å². The number of carbonyl (C=O) groups excluding carboxylic acids is 2. The Labute approximate surface area is 190 Å². The summed E-state index contributed by atoms with van der Waals surface area (Å²) in [6, 6.07) is 11.9. The summed E-state index contributed by atoms with van der Waals surface area (Å²) in [5.41, 5.74) is 1.23. The minimum Gasteiger partial charge on any atom is -0.452 e. The highest BCUT2D eigenvalue weighted by molar-refractivity contribution is 6.30. The molecule has 1 aliphatic carbocycles. The van der Waals surface area contributed by atoms with Crippen molar-refractivity contribution in [3.8, 4) is 0 Å². The minimum absolute atomic E-state index is 0.0385. The van der Waals surface area contributed by atoms with Crippen LogP contribution in [0.1, 0.15) is 23.2 Å². The van der Waals surface area contributed by atoms with E-state index < -0.39 is 17.5 Å². The molecule has 1 saturated heterocycles. The van der Waals surface area contributed by atoms with E-state index in [0.29, 0.717) is 36.9 Å². The number of hydrogen-bond acceptors (Lipinski definition) is 7. The quantitative estimate of drug-likeness (QED) is 0.385. The number of piperazine rings is 1. The Balaban J connectivity index is 1.30. The Kier molecular flexibility index (Phi) is 6.45. The standard InChI is InChI=1S/C22H23ClN4O5/c23-16-2-1-3-18(13-16)25-8-10-26(11-9-25)21(28)14-32-22(29)15-4-7-19(24-17-5-6-17)20(12-15)27(30)31/h1-4,7,12-13,17,24H,5-6,8-11,14H2. The zero-order valence-electron chi connectivity index (χ0n) is 17.3. The minimum atomic E-state index is -0.767. The Bertz CT molecular complexity index is 1030. The van der Waals surface area contributed by atoms with Crippen molar-refractivity contribution in [3.63, 3.8) is 0 Å². The molecule has 1 N–H and O–H groups in total. The molecule has 2 fully saturated rings. The van der Waals surface area contributed by atoms with Gasteiger partial charge in [0.05, 0.1) is 10.5 Å². The van der Waals surface area contributed by atoms with E-state index in [0.717, 1.165) is 18.5 Å². The van der Waals surface area contributed by atoms with Gasteiger partial charge in [-0.05, 0) is 43.2 Å². The Morgan fingerprint density at radius 1 is 1.12 bits per heavy atom. The number of carbonyl (C=O) groups is 2. The fraction of sp³-hybridized carbons (Fsp3) is 0.364. The molecule has 1 amide bonds. The van der Waals surface area contributed by atoms with E-state index in [1.165, 1.54) is 18.2 Å². The maximum Gasteiger partial charge on any atom is 0.338 e. The molecule has 4 rings (SSSR count). The van der Waals surface area contributed by atoms with Crippen LogP contribution in [0, 0.1) is 10.1 Å². The fourth-order valence-electron chi connectivity index (χ4n) is 3.57. The van der Waals surface area contributed by atoms with E-state index in [1.807, 2.05) is 24.3 Å². The molecule has 2 aromatic carbocycles. The summed E-state index contributed by atoms with van der Waals surface area (Å²) in [4.78, 5) is 39.4. The average molecular weight is 459 g/mol. The van der Waals surface area contributed by atoms with E-state index in [-0.39, 0.29) is 23.2 Å². The molecule has 0 atom stereocenters. The normalized spacial score (nSPS) is 15.9. The first-order valence-corrected chi connectivity index (χ1v) is 10.8. The number of benzene rings is 2. The first-order valence-electron chi connectivity index (χ1n) is 10.4. The second-order valence-corrected chi connectivity index (χ2v) is 8.27. The molecule has 2 aliphatic rings. The van der Waals surface area contributed by atoms with Gasteiger partial charge in [-0.3, -0.25) is 14.9 Å². The number of amides is 1. The lowest BCUT2D eigenvalue weighted by molar-refractivity contribution is -0.384. The maximum atomic E-state index is 12.5. The number of nitro benzene ring substituents is 1. The Hall–Kier alpha value is -3.33. The number of nitrogens with zero attached hydrogens (tertiary/aromatic N) is 3. The van der Waals surface area contributed by atoms with Gasteiger partial charge in [0.1, 0.15) is 5.69 Å². The van der Waals surface area contributed by atoms with E-state index in [4.69, 9.17) is 16.3 Å². The van der Waals surface area contributed by atoms with Gasteiger partial charge in [-0.15, -0.1) is 0 Å².